The van der Waals surface area contributed by atoms with Gasteiger partial charge in [0.05, 0.1) is 23.9 Å². The monoisotopic (exact) mass is 482 g/mol. The lowest BCUT2D eigenvalue weighted by molar-refractivity contribution is 0.0953. The number of methoxy groups -OCH3 is 1. The van der Waals surface area contributed by atoms with E-state index < -0.39 is 5.41 Å². The number of aryl methyl sites for hydroxylation is 1. The summed E-state index contributed by atoms with van der Waals surface area (Å²) in [5.74, 6) is 2.79. The minimum atomic E-state index is -0.432. The summed E-state index contributed by atoms with van der Waals surface area (Å²) in [6, 6.07) is 6.41. The number of nitriles is 1. The second kappa shape index (κ2) is 9.82. The topological polar surface area (TPSA) is 72.4 Å². The van der Waals surface area contributed by atoms with Gasteiger partial charge in [0.15, 0.2) is 5.78 Å². The molecule has 0 saturated carbocycles. The summed E-state index contributed by atoms with van der Waals surface area (Å²) in [6.45, 7) is 16.4. The molecule has 4 rings (SSSR count). The fourth-order valence-electron chi connectivity index (χ4n) is 5.46. The van der Waals surface area contributed by atoms with Crippen LogP contribution >= 0.6 is 0 Å². The van der Waals surface area contributed by atoms with Crippen LogP contribution < -0.4 is 4.90 Å². The highest BCUT2D eigenvalue weighted by atomic mass is 16.5. The Morgan fingerprint density at radius 2 is 2.03 bits per heavy atom. The van der Waals surface area contributed by atoms with Crippen molar-refractivity contribution in [3.05, 3.63) is 69.6 Å². The molecule has 1 atom stereocenters. The molecule has 0 spiro atoms. The molecule has 1 unspecified atom stereocenters. The number of ether oxygens (including phenoxy) is 1. The van der Waals surface area contributed by atoms with Crippen LogP contribution in [0.1, 0.15) is 64.8 Å². The first-order valence-corrected chi connectivity index (χ1v) is 12.3. The Labute approximate surface area is 214 Å². The van der Waals surface area contributed by atoms with Crippen molar-refractivity contribution < 1.29 is 9.53 Å². The van der Waals surface area contributed by atoms with Gasteiger partial charge in [-0.2, -0.15) is 5.26 Å². The summed E-state index contributed by atoms with van der Waals surface area (Å²) in [4.78, 5) is 22.1. The largest absolute Gasteiger partial charge is 0.383 e. The molecule has 0 amide bonds. The summed E-state index contributed by atoms with van der Waals surface area (Å²) in [5, 5.41) is 9.09. The number of anilines is 1. The van der Waals surface area contributed by atoms with E-state index in [4.69, 9.17) is 16.4 Å². The number of carbonyl (C=O) groups excluding carboxylic acids is 1. The minimum absolute atomic E-state index is 0.0489. The molecule has 36 heavy (non-hydrogen) atoms. The van der Waals surface area contributed by atoms with Crippen LogP contribution in [0.2, 0.25) is 0 Å². The van der Waals surface area contributed by atoms with Gasteiger partial charge in [0.1, 0.15) is 0 Å². The molecule has 1 aliphatic carbocycles. The number of hydrogen-bond donors (Lipinski definition) is 1. The molecule has 6 nitrogen and oxygen atoms in total. The molecule has 1 fully saturated rings. The standard InChI is InChI=1S/C30H34N4O2/c1-8-22-15-24-25(16-26(22)34-13-11-33(12-14-34)20(3)18-36-7)30(5,6)29-27(28(24)35)23(21(4)32-29)10-9-19(2)17-31/h1,9-10,15-16,20,32H,2,11-14,18H2,3-7H3/b10-9-. The number of nitrogens with zero attached hydrogens (tertiary/aromatic N) is 3. The van der Waals surface area contributed by atoms with Gasteiger partial charge in [0.2, 0.25) is 0 Å². The predicted octanol–water partition coefficient (Wildman–Crippen LogP) is 4.42. The molecule has 1 aliphatic heterocycles. The van der Waals surface area contributed by atoms with Gasteiger partial charge >= 0.3 is 0 Å². The fourth-order valence-corrected chi connectivity index (χ4v) is 5.46. The summed E-state index contributed by atoms with van der Waals surface area (Å²) >= 11 is 0. The first kappa shape index (κ1) is 25.5. The zero-order valence-electron chi connectivity index (χ0n) is 21.9. The Morgan fingerprint density at radius 1 is 1.33 bits per heavy atom. The number of benzene rings is 1. The lowest BCUT2D eigenvalue weighted by Gasteiger charge is -2.40. The lowest BCUT2D eigenvalue weighted by Crippen LogP contribution is -2.51. The second-order valence-corrected chi connectivity index (χ2v) is 10.2. The van der Waals surface area contributed by atoms with Crippen molar-refractivity contribution in [3.8, 4) is 18.4 Å². The van der Waals surface area contributed by atoms with Crippen molar-refractivity contribution in [2.75, 3.05) is 44.8 Å². The Bertz CT molecular complexity index is 1320. The fraction of sp³-hybridized carbons (Fsp3) is 0.400. The molecule has 2 heterocycles. The maximum Gasteiger partial charge on any atom is 0.195 e. The van der Waals surface area contributed by atoms with Crippen LogP contribution in [0.25, 0.3) is 6.08 Å². The molecular weight excluding hydrogens is 448 g/mol. The van der Waals surface area contributed by atoms with E-state index in [-0.39, 0.29) is 5.78 Å². The van der Waals surface area contributed by atoms with Gasteiger partial charge in [-0.3, -0.25) is 9.69 Å². The molecule has 1 aromatic heterocycles. The predicted molar refractivity (Wildman–Crippen MR) is 144 cm³/mol. The quantitative estimate of drug-likeness (QED) is 0.375. The van der Waals surface area contributed by atoms with Gasteiger partial charge in [0, 0.05) is 78.4 Å². The van der Waals surface area contributed by atoms with E-state index in [0.29, 0.717) is 29.3 Å². The average Bonchev–Trinajstić information content (AvgIpc) is 3.22. The first-order chi connectivity index (χ1) is 17.1. The molecule has 1 aromatic carbocycles. The number of H-pyrrole nitrogens is 1. The number of carbonyl (C=O) groups is 1. The van der Waals surface area contributed by atoms with Crippen molar-refractivity contribution in [1.82, 2.24) is 9.88 Å². The molecule has 186 valence electrons. The number of aromatic amines is 1. The number of hydrogen-bond acceptors (Lipinski definition) is 5. The maximum atomic E-state index is 13.8. The number of nitrogens with one attached hydrogen (secondary N) is 1. The summed E-state index contributed by atoms with van der Waals surface area (Å²) < 4.78 is 5.33. The number of allylic oxidation sites excluding steroid dienone is 2. The van der Waals surface area contributed by atoms with Crippen molar-refractivity contribution in [2.24, 2.45) is 0 Å². The van der Waals surface area contributed by atoms with Gasteiger partial charge in [-0.05, 0) is 37.6 Å². The van der Waals surface area contributed by atoms with E-state index in [1.54, 1.807) is 19.3 Å². The third kappa shape index (κ3) is 4.28. The molecule has 2 aliphatic rings. The third-order valence-corrected chi connectivity index (χ3v) is 7.58. The molecule has 2 aromatic rings. The second-order valence-electron chi connectivity index (χ2n) is 10.2. The van der Waals surface area contributed by atoms with E-state index in [1.165, 1.54) is 0 Å². The molecule has 0 bridgehead atoms. The van der Waals surface area contributed by atoms with Crippen molar-refractivity contribution in [2.45, 2.75) is 39.2 Å². The highest BCUT2D eigenvalue weighted by molar-refractivity contribution is 6.15. The Hall–Kier alpha value is -3.58. The Kier molecular flexibility index (Phi) is 6.96. The normalized spacial score (nSPS) is 17.9. The molecule has 0 radical (unpaired) electrons. The van der Waals surface area contributed by atoms with Gasteiger partial charge in [-0.25, -0.2) is 0 Å². The van der Waals surface area contributed by atoms with Crippen molar-refractivity contribution in [1.29, 1.82) is 5.26 Å². The minimum Gasteiger partial charge on any atom is -0.383 e. The van der Waals surface area contributed by atoms with Gasteiger partial charge in [-0.15, -0.1) is 6.42 Å². The van der Waals surface area contributed by atoms with Gasteiger partial charge in [-0.1, -0.05) is 32.4 Å². The number of fused-ring (bicyclic) bond motifs is 2. The third-order valence-electron chi connectivity index (χ3n) is 7.58. The highest BCUT2D eigenvalue weighted by Gasteiger charge is 2.41. The molecule has 6 heteroatoms. The van der Waals surface area contributed by atoms with Gasteiger partial charge < -0.3 is 14.6 Å². The van der Waals surface area contributed by atoms with E-state index in [2.05, 4.69) is 54.1 Å². The van der Waals surface area contributed by atoms with E-state index in [9.17, 15) is 4.79 Å². The first-order valence-electron chi connectivity index (χ1n) is 12.3. The number of aromatic nitrogens is 1. The molecule has 1 saturated heterocycles. The van der Waals surface area contributed by atoms with Crippen LogP contribution in [0, 0.1) is 30.6 Å². The lowest BCUT2D eigenvalue weighted by atomic mass is 9.70. The molecule has 1 N–H and O–H groups in total. The highest BCUT2D eigenvalue weighted by Crippen LogP contribution is 2.45. The smallest absolute Gasteiger partial charge is 0.195 e. The van der Waals surface area contributed by atoms with Crippen LogP contribution in [-0.2, 0) is 10.2 Å². The Morgan fingerprint density at radius 3 is 2.64 bits per heavy atom. The number of piperazine rings is 1. The maximum absolute atomic E-state index is 13.8. The molecular formula is C30H34N4O2. The summed E-state index contributed by atoms with van der Waals surface area (Å²) in [5.41, 5.74) is 6.47. The van der Waals surface area contributed by atoms with E-state index in [1.807, 2.05) is 19.1 Å². The number of ketones is 1. The SMILES string of the molecule is C#Cc1cc2c(cc1N1CCN(C(C)COC)CC1)C(C)(C)c1[nH]c(C)c(/C=C\C(=C)C#N)c1C2=O. The van der Waals surface area contributed by atoms with Crippen LogP contribution in [0.3, 0.4) is 0 Å². The summed E-state index contributed by atoms with van der Waals surface area (Å²) in [6.07, 6.45) is 9.42. The van der Waals surface area contributed by atoms with Crippen LogP contribution in [-0.4, -0.2) is 61.6 Å². The van der Waals surface area contributed by atoms with Crippen molar-refractivity contribution in [3.63, 3.8) is 0 Å². The van der Waals surface area contributed by atoms with Gasteiger partial charge in [0.25, 0.3) is 0 Å². The van der Waals surface area contributed by atoms with Crippen molar-refractivity contribution >= 4 is 17.5 Å². The average molecular weight is 483 g/mol. The van der Waals surface area contributed by atoms with E-state index in [0.717, 1.165) is 59.9 Å². The van der Waals surface area contributed by atoms with E-state index >= 15 is 0 Å². The Balaban J connectivity index is 1.74. The van der Waals surface area contributed by atoms with Crippen LogP contribution in [0.4, 0.5) is 5.69 Å². The van der Waals surface area contributed by atoms with Crippen LogP contribution in [0.5, 0.6) is 0 Å². The van der Waals surface area contributed by atoms with Crippen LogP contribution in [0.15, 0.2) is 30.4 Å². The zero-order valence-corrected chi connectivity index (χ0v) is 21.9. The summed E-state index contributed by atoms with van der Waals surface area (Å²) in [7, 11) is 1.74. The number of terminal acetylenes is 1. The zero-order chi connectivity index (χ0) is 26.2. The number of rotatable bonds is 6.